The van der Waals surface area contributed by atoms with Crippen molar-refractivity contribution in [3.8, 4) is 0 Å². The summed E-state index contributed by atoms with van der Waals surface area (Å²) in [5.41, 5.74) is 3.57. The molecule has 1 amide bonds. The molecule has 3 aromatic heterocycles. The van der Waals surface area contributed by atoms with Gasteiger partial charge in [-0.25, -0.2) is 19.3 Å². The van der Waals surface area contributed by atoms with Crippen LogP contribution in [-0.4, -0.2) is 57.6 Å². The zero-order chi connectivity index (χ0) is 19.8. The van der Waals surface area contributed by atoms with Crippen LogP contribution < -0.4 is 15.5 Å². The number of carbonyl (C=O) groups excluding carboxylic acids is 1. The molecule has 0 radical (unpaired) electrons. The molecule has 1 aliphatic heterocycles. The van der Waals surface area contributed by atoms with Crippen molar-refractivity contribution in [1.82, 2.24) is 24.7 Å². The van der Waals surface area contributed by atoms with Crippen LogP contribution in [0.1, 0.15) is 21.7 Å². The molecule has 1 saturated heterocycles. The summed E-state index contributed by atoms with van der Waals surface area (Å²) >= 11 is 0. The summed E-state index contributed by atoms with van der Waals surface area (Å²) in [5, 5.41) is 5.79. The number of likely N-dealkylation sites (N-methyl/N-ethyl adjacent to an activating group) is 1. The molecular formula is C19H22FN7O. The Morgan fingerprint density at radius 3 is 2.71 bits per heavy atom. The van der Waals surface area contributed by atoms with E-state index >= 15 is 0 Å². The summed E-state index contributed by atoms with van der Waals surface area (Å²) in [4.78, 5) is 27.3. The smallest absolute Gasteiger partial charge is 0.275 e. The number of aromatic nitrogens is 4. The van der Waals surface area contributed by atoms with E-state index in [2.05, 4.69) is 25.6 Å². The van der Waals surface area contributed by atoms with E-state index in [0.29, 0.717) is 18.1 Å². The van der Waals surface area contributed by atoms with Gasteiger partial charge in [0.15, 0.2) is 0 Å². The molecule has 28 heavy (non-hydrogen) atoms. The minimum absolute atomic E-state index is 0.199. The van der Waals surface area contributed by atoms with Crippen molar-refractivity contribution < 1.29 is 9.18 Å². The maximum Gasteiger partial charge on any atom is 0.275 e. The van der Waals surface area contributed by atoms with Gasteiger partial charge in [0, 0.05) is 18.9 Å². The number of rotatable bonds is 4. The number of amides is 1. The summed E-state index contributed by atoms with van der Waals surface area (Å²) in [5.74, 6) is 0.204. The zero-order valence-corrected chi connectivity index (χ0v) is 16.0. The van der Waals surface area contributed by atoms with Crippen LogP contribution in [0.5, 0.6) is 0 Å². The number of hydrogen-bond donors (Lipinski definition) is 2. The van der Waals surface area contributed by atoms with Crippen LogP contribution in [0.25, 0.3) is 5.65 Å². The second-order valence-electron chi connectivity index (χ2n) is 7.06. The van der Waals surface area contributed by atoms with Gasteiger partial charge in [-0.1, -0.05) is 0 Å². The molecule has 0 bridgehead atoms. The van der Waals surface area contributed by atoms with Gasteiger partial charge >= 0.3 is 0 Å². The van der Waals surface area contributed by atoms with Crippen molar-refractivity contribution in [2.24, 2.45) is 0 Å². The van der Waals surface area contributed by atoms with E-state index in [1.165, 1.54) is 12.4 Å². The van der Waals surface area contributed by atoms with Gasteiger partial charge in [0.05, 0.1) is 36.4 Å². The quantitative estimate of drug-likeness (QED) is 0.714. The summed E-state index contributed by atoms with van der Waals surface area (Å²) in [6, 6.07) is 1.64. The molecule has 1 aliphatic rings. The fourth-order valence-electron chi connectivity index (χ4n) is 3.48. The van der Waals surface area contributed by atoms with E-state index < -0.39 is 6.17 Å². The fraction of sp³-hybridized carbons (Fsp3) is 0.368. The Labute approximate surface area is 161 Å². The molecule has 1 fully saturated rings. The molecule has 0 aromatic carbocycles. The highest BCUT2D eigenvalue weighted by molar-refractivity contribution is 6.02. The number of imidazole rings is 1. The Bertz CT molecular complexity index is 1020. The van der Waals surface area contributed by atoms with E-state index in [1.54, 1.807) is 7.05 Å². The fourth-order valence-corrected chi connectivity index (χ4v) is 3.48. The average molecular weight is 383 g/mol. The molecule has 0 unspecified atom stereocenters. The molecule has 2 atom stereocenters. The van der Waals surface area contributed by atoms with Crippen molar-refractivity contribution >= 4 is 23.1 Å². The first kappa shape index (κ1) is 18.3. The number of nitrogens with zero attached hydrogens (tertiary/aromatic N) is 5. The number of alkyl halides is 1. The topological polar surface area (TPSA) is 87.5 Å². The third-order valence-electron chi connectivity index (χ3n) is 4.93. The Kier molecular flexibility index (Phi) is 4.68. The van der Waals surface area contributed by atoms with Crippen LogP contribution >= 0.6 is 0 Å². The lowest BCUT2D eigenvalue weighted by Crippen LogP contribution is -2.34. The maximum atomic E-state index is 13.9. The average Bonchev–Trinajstić information content (AvgIpc) is 3.24. The number of fused-ring (bicyclic) bond motifs is 1. The summed E-state index contributed by atoms with van der Waals surface area (Å²) in [6.07, 6.45) is 5.68. The van der Waals surface area contributed by atoms with Crippen LogP contribution in [-0.2, 0) is 0 Å². The maximum absolute atomic E-state index is 13.9. The van der Waals surface area contributed by atoms with Crippen molar-refractivity contribution in [1.29, 1.82) is 0 Å². The Hall–Kier alpha value is -3.07. The largest absolute Gasteiger partial charge is 0.351 e. The second-order valence-corrected chi connectivity index (χ2v) is 7.06. The third kappa shape index (κ3) is 3.40. The number of nitrogens with one attached hydrogen (secondary N) is 2. The number of carbonyl (C=O) groups is 1. The molecule has 2 N–H and O–H groups in total. The van der Waals surface area contributed by atoms with Crippen molar-refractivity contribution in [2.75, 3.05) is 30.4 Å². The Morgan fingerprint density at radius 1 is 1.21 bits per heavy atom. The van der Waals surface area contributed by atoms with Crippen LogP contribution in [0.3, 0.4) is 0 Å². The van der Waals surface area contributed by atoms with Gasteiger partial charge in [0.1, 0.15) is 23.3 Å². The molecule has 0 aliphatic carbocycles. The van der Waals surface area contributed by atoms with E-state index in [4.69, 9.17) is 0 Å². The Morgan fingerprint density at radius 2 is 2.04 bits per heavy atom. The minimum atomic E-state index is -0.959. The van der Waals surface area contributed by atoms with Crippen molar-refractivity contribution in [3.63, 3.8) is 0 Å². The molecule has 3 aromatic rings. The normalized spacial score (nSPS) is 19.4. The van der Waals surface area contributed by atoms with Crippen LogP contribution in [0, 0.1) is 13.8 Å². The molecule has 0 saturated carbocycles. The molecule has 9 heteroatoms. The molecule has 0 spiro atoms. The summed E-state index contributed by atoms with van der Waals surface area (Å²) in [6.45, 7) is 4.64. The highest BCUT2D eigenvalue weighted by Crippen LogP contribution is 2.20. The summed E-state index contributed by atoms with van der Waals surface area (Å²) in [7, 11) is 1.74. The van der Waals surface area contributed by atoms with Gasteiger partial charge in [-0.2, -0.15) is 0 Å². The summed E-state index contributed by atoms with van der Waals surface area (Å²) < 4.78 is 15.8. The predicted molar refractivity (Wildman–Crippen MR) is 105 cm³/mol. The SMILES string of the molecule is CN[C@@H]1CN(c2cnc(C(=O)Nc3cc(C)c4nc(C)cn4c3)cn2)C[C@@H]1F. The number of aryl methyl sites for hydroxylation is 2. The lowest BCUT2D eigenvalue weighted by Gasteiger charge is -2.16. The van der Waals surface area contributed by atoms with E-state index in [-0.39, 0.29) is 24.2 Å². The first-order valence-corrected chi connectivity index (χ1v) is 9.10. The molecule has 146 valence electrons. The van der Waals surface area contributed by atoms with Gasteiger partial charge in [-0.15, -0.1) is 0 Å². The molecule has 4 heterocycles. The van der Waals surface area contributed by atoms with Gasteiger partial charge in [0.2, 0.25) is 0 Å². The van der Waals surface area contributed by atoms with Crippen LogP contribution in [0.4, 0.5) is 15.9 Å². The first-order valence-electron chi connectivity index (χ1n) is 9.10. The van der Waals surface area contributed by atoms with Gasteiger partial charge in [-0.05, 0) is 32.5 Å². The Balaban J connectivity index is 1.48. The van der Waals surface area contributed by atoms with Gasteiger partial charge < -0.3 is 19.9 Å². The highest BCUT2D eigenvalue weighted by Gasteiger charge is 2.32. The number of anilines is 2. The molecule has 4 rings (SSSR count). The second kappa shape index (κ2) is 7.16. The van der Waals surface area contributed by atoms with E-state index in [9.17, 15) is 9.18 Å². The number of hydrogen-bond acceptors (Lipinski definition) is 6. The highest BCUT2D eigenvalue weighted by atomic mass is 19.1. The van der Waals surface area contributed by atoms with Gasteiger partial charge in [0.25, 0.3) is 5.91 Å². The monoisotopic (exact) mass is 383 g/mol. The van der Waals surface area contributed by atoms with Gasteiger partial charge in [-0.3, -0.25) is 4.79 Å². The number of halogens is 1. The number of pyridine rings is 1. The standard InChI is InChI=1S/C19H22FN7O/c1-11-4-13(8-27-7-12(2)24-18(11)27)25-19(28)15-5-23-17(6-22-15)26-9-14(20)16(10-26)21-3/h4-8,14,16,21H,9-10H2,1-3H3,(H,25,28)/t14-,16+/m0/s1. The zero-order valence-electron chi connectivity index (χ0n) is 16.0. The van der Waals surface area contributed by atoms with Crippen LogP contribution in [0.2, 0.25) is 0 Å². The lowest BCUT2D eigenvalue weighted by atomic mass is 10.2. The van der Waals surface area contributed by atoms with Crippen molar-refractivity contribution in [2.45, 2.75) is 26.1 Å². The van der Waals surface area contributed by atoms with E-state index in [0.717, 1.165) is 16.9 Å². The van der Waals surface area contributed by atoms with E-state index in [1.807, 2.05) is 41.6 Å². The predicted octanol–water partition coefficient (Wildman–Crippen LogP) is 1.74. The molecular weight excluding hydrogens is 361 g/mol. The lowest BCUT2D eigenvalue weighted by molar-refractivity contribution is 0.102. The first-order chi connectivity index (χ1) is 13.4. The van der Waals surface area contributed by atoms with Crippen LogP contribution in [0.15, 0.2) is 30.9 Å². The third-order valence-corrected chi connectivity index (χ3v) is 4.93. The van der Waals surface area contributed by atoms with Crippen molar-refractivity contribution in [3.05, 3.63) is 47.8 Å². The molecule has 8 nitrogen and oxygen atoms in total. The minimum Gasteiger partial charge on any atom is -0.351 e.